The quantitative estimate of drug-likeness (QED) is 0.273. The van der Waals surface area contributed by atoms with Gasteiger partial charge in [0.2, 0.25) is 0 Å². The van der Waals surface area contributed by atoms with E-state index in [2.05, 4.69) is 12.2 Å². The molecule has 0 radical (unpaired) electrons. The molecule has 0 aliphatic carbocycles. The number of rotatable bonds is 18. The van der Waals surface area contributed by atoms with E-state index < -0.39 is 10.9 Å². The van der Waals surface area contributed by atoms with Crippen LogP contribution in [0, 0.1) is 0 Å². The fourth-order valence-corrected chi connectivity index (χ4v) is 3.35. The van der Waals surface area contributed by atoms with Gasteiger partial charge in [-0.15, -0.1) is 0 Å². The first kappa shape index (κ1) is 22.7. The van der Waals surface area contributed by atoms with Gasteiger partial charge in [0.1, 0.15) is 5.69 Å². The summed E-state index contributed by atoms with van der Waals surface area (Å²) in [6.45, 7) is 5.24. The van der Waals surface area contributed by atoms with Gasteiger partial charge in [0.25, 0.3) is 10.9 Å². The molecule has 0 spiro atoms. The van der Waals surface area contributed by atoms with E-state index in [0.717, 1.165) is 13.0 Å². The van der Waals surface area contributed by atoms with Crippen molar-refractivity contribution in [1.82, 2.24) is 0 Å². The molecule has 0 unspecified atom stereocenters. The highest BCUT2D eigenvalue weighted by molar-refractivity contribution is 5.61. The van der Waals surface area contributed by atoms with E-state index in [1.165, 1.54) is 83.5 Å². The predicted octanol–water partition coefficient (Wildman–Crippen LogP) is 5.57. The van der Waals surface area contributed by atoms with E-state index in [1.807, 2.05) is 6.92 Å². The standard InChI is InChI=1S/C22H39NO3/c1-3-5-6-7-8-9-10-11-12-13-14-15-16-17-18-23-19-20(24)21(25)22(19)26-4-2/h23H,3-18H2,1-2H3. The fourth-order valence-electron chi connectivity index (χ4n) is 3.35. The third-order valence-electron chi connectivity index (χ3n) is 4.99. The number of unbranched alkanes of at least 4 members (excludes halogenated alkanes) is 13. The van der Waals surface area contributed by atoms with Crippen LogP contribution in [-0.4, -0.2) is 13.2 Å². The summed E-state index contributed by atoms with van der Waals surface area (Å²) in [6.07, 6.45) is 18.7. The van der Waals surface area contributed by atoms with Gasteiger partial charge < -0.3 is 10.1 Å². The van der Waals surface area contributed by atoms with E-state index in [-0.39, 0.29) is 5.75 Å². The molecule has 0 saturated heterocycles. The van der Waals surface area contributed by atoms with Crippen molar-refractivity contribution < 1.29 is 4.74 Å². The van der Waals surface area contributed by atoms with Crippen LogP contribution in [-0.2, 0) is 0 Å². The van der Waals surface area contributed by atoms with E-state index in [9.17, 15) is 9.59 Å². The highest BCUT2D eigenvalue weighted by Crippen LogP contribution is 2.17. The maximum Gasteiger partial charge on any atom is 0.272 e. The molecule has 1 aromatic carbocycles. The Hall–Kier alpha value is -1.32. The molecule has 1 aromatic rings. The maximum atomic E-state index is 11.5. The normalized spacial score (nSPS) is 11.2. The molecule has 0 fully saturated rings. The Balaban J connectivity index is 1.86. The number of ether oxygens (including phenoxy) is 1. The second-order valence-electron chi connectivity index (χ2n) is 7.32. The van der Waals surface area contributed by atoms with Crippen molar-refractivity contribution in [2.24, 2.45) is 0 Å². The molecule has 0 aromatic heterocycles. The van der Waals surface area contributed by atoms with Crippen LogP contribution in [0.25, 0.3) is 0 Å². The highest BCUT2D eigenvalue weighted by Gasteiger charge is 2.21. The van der Waals surface area contributed by atoms with Gasteiger partial charge in [0.05, 0.1) is 6.61 Å². The molecule has 0 amide bonds. The molecule has 4 nitrogen and oxygen atoms in total. The average Bonchev–Trinajstić information content (AvgIpc) is 2.66. The van der Waals surface area contributed by atoms with Crippen LogP contribution in [0.3, 0.4) is 0 Å². The Morgan fingerprint density at radius 3 is 1.58 bits per heavy atom. The molecular formula is C22H39NO3. The van der Waals surface area contributed by atoms with Gasteiger partial charge in [-0.1, -0.05) is 90.4 Å². The lowest BCUT2D eigenvalue weighted by Crippen LogP contribution is -2.36. The second-order valence-corrected chi connectivity index (χ2v) is 7.32. The summed E-state index contributed by atoms with van der Waals surface area (Å²) in [5.41, 5.74) is -0.541. The Labute approximate surface area is 159 Å². The Morgan fingerprint density at radius 1 is 0.654 bits per heavy atom. The largest absolute Gasteiger partial charge is 0.488 e. The fraction of sp³-hybridized carbons (Fsp3) is 0.818. The van der Waals surface area contributed by atoms with Crippen LogP contribution in [0.15, 0.2) is 9.59 Å². The van der Waals surface area contributed by atoms with Gasteiger partial charge in [0, 0.05) is 6.54 Å². The molecule has 0 saturated carbocycles. The number of nitrogens with one attached hydrogen (secondary N) is 1. The first-order chi connectivity index (χ1) is 12.7. The monoisotopic (exact) mass is 365 g/mol. The van der Waals surface area contributed by atoms with Crippen LogP contribution in [0.1, 0.15) is 104 Å². The lowest BCUT2D eigenvalue weighted by molar-refractivity contribution is 0.334. The van der Waals surface area contributed by atoms with Gasteiger partial charge in [0.15, 0.2) is 5.75 Å². The van der Waals surface area contributed by atoms with Crippen LogP contribution in [0.4, 0.5) is 5.69 Å². The van der Waals surface area contributed by atoms with Gasteiger partial charge in [-0.05, 0) is 13.3 Å². The summed E-state index contributed by atoms with van der Waals surface area (Å²) in [5, 5.41) is 3.06. The van der Waals surface area contributed by atoms with Crippen molar-refractivity contribution in [2.45, 2.75) is 104 Å². The Kier molecular flexibility index (Phi) is 12.9. The predicted molar refractivity (Wildman–Crippen MR) is 111 cm³/mol. The zero-order chi connectivity index (χ0) is 19.0. The van der Waals surface area contributed by atoms with Crippen molar-refractivity contribution in [3.8, 4) is 5.75 Å². The maximum absolute atomic E-state index is 11.5. The van der Waals surface area contributed by atoms with E-state index >= 15 is 0 Å². The molecule has 1 rings (SSSR count). The lowest BCUT2D eigenvalue weighted by Gasteiger charge is -2.12. The Morgan fingerprint density at radius 2 is 1.12 bits per heavy atom. The Bertz CT molecular complexity index is 532. The van der Waals surface area contributed by atoms with Crippen LogP contribution < -0.4 is 20.9 Å². The topological polar surface area (TPSA) is 55.4 Å². The highest BCUT2D eigenvalue weighted by atomic mass is 16.5. The van der Waals surface area contributed by atoms with Crippen LogP contribution in [0.2, 0.25) is 0 Å². The van der Waals surface area contributed by atoms with Gasteiger partial charge >= 0.3 is 0 Å². The lowest BCUT2D eigenvalue weighted by atomic mass is 10.0. The van der Waals surface area contributed by atoms with Crippen molar-refractivity contribution in [2.75, 3.05) is 18.5 Å². The molecular weight excluding hydrogens is 326 g/mol. The van der Waals surface area contributed by atoms with Crippen molar-refractivity contribution in [1.29, 1.82) is 0 Å². The molecule has 0 aliphatic rings. The summed E-state index contributed by atoms with van der Waals surface area (Å²) in [5.74, 6) is 0.225. The van der Waals surface area contributed by atoms with Crippen molar-refractivity contribution in [3.63, 3.8) is 0 Å². The zero-order valence-corrected chi connectivity index (χ0v) is 17.0. The second kappa shape index (κ2) is 14.8. The molecule has 26 heavy (non-hydrogen) atoms. The van der Waals surface area contributed by atoms with Crippen molar-refractivity contribution in [3.05, 3.63) is 20.4 Å². The smallest absolute Gasteiger partial charge is 0.272 e. The summed E-state index contributed by atoms with van der Waals surface area (Å²) in [7, 11) is 0. The summed E-state index contributed by atoms with van der Waals surface area (Å²) in [6, 6.07) is 0. The minimum absolute atomic E-state index is 0.225. The minimum atomic E-state index is -0.490. The number of anilines is 1. The molecule has 0 aliphatic heterocycles. The third-order valence-corrected chi connectivity index (χ3v) is 4.99. The van der Waals surface area contributed by atoms with Crippen LogP contribution in [0.5, 0.6) is 5.75 Å². The molecule has 4 heteroatoms. The minimum Gasteiger partial charge on any atom is -0.488 e. The zero-order valence-electron chi connectivity index (χ0n) is 17.0. The summed E-state index contributed by atoms with van der Waals surface area (Å²) >= 11 is 0. The van der Waals surface area contributed by atoms with Gasteiger partial charge in [-0.2, -0.15) is 0 Å². The van der Waals surface area contributed by atoms with Gasteiger partial charge in [-0.3, -0.25) is 9.59 Å². The van der Waals surface area contributed by atoms with Crippen LogP contribution >= 0.6 is 0 Å². The molecule has 0 bridgehead atoms. The van der Waals surface area contributed by atoms with E-state index in [0.29, 0.717) is 12.3 Å². The number of hydrogen-bond donors (Lipinski definition) is 1. The summed E-state index contributed by atoms with van der Waals surface area (Å²) < 4.78 is 5.19. The third kappa shape index (κ3) is 8.86. The molecule has 0 atom stereocenters. The van der Waals surface area contributed by atoms with Gasteiger partial charge in [-0.25, -0.2) is 0 Å². The van der Waals surface area contributed by atoms with E-state index in [1.54, 1.807) is 0 Å². The van der Waals surface area contributed by atoms with E-state index in [4.69, 9.17) is 4.74 Å². The molecule has 1 N–H and O–H groups in total. The number of hydrogen-bond acceptors (Lipinski definition) is 4. The average molecular weight is 366 g/mol. The SMILES string of the molecule is CCCCCCCCCCCCCCCCNc1c(OCC)c(=O)c1=O. The molecule has 150 valence electrons. The first-order valence-electron chi connectivity index (χ1n) is 10.9. The first-order valence-corrected chi connectivity index (χ1v) is 10.9. The molecule has 0 heterocycles. The summed E-state index contributed by atoms with van der Waals surface area (Å²) in [4.78, 5) is 22.8. The van der Waals surface area contributed by atoms with Crippen molar-refractivity contribution >= 4 is 5.69 Å².